The molecule has 4 heteroatoms. The second-order valence-electron chi connectivity index (χ2n) is 4.38. The molecule has 0 aromatic carbocycles. The summed E-state index contributed by atoms with van der Waals surface area (Å²) >= 11 is 2.02. The fourth-order valence-corrected chi connectivity index (χ4v) is 2.83. The van der Waals surface area contributed by atoms with Gasteiger partial charge < -0.3 is 14.8 Å². The van der Waals surface area contributed by atoms with E-state index in [1.165, 1.54) is 19.3 Å². The minimum Gasteiger partial charge on any atom is -0.382 e. The van der Waals surface area contributed by atoms with Gasteiger partial charge in [0, 0.05) is 25.0 Å². The van der Waals surface area contributed by atoms with E-state index < -0.39 is 0 Å². The monoisotopic (exact) mass is 247 g/mol. The van der Waals surface area contributed by atoms with Crippen molar-refractivity contribution in [3.63, 3.8) is 0 Å². The Labute approximate surface area is 104 Å². The molecule has 0 aliphatic heterocycles. The molecule has 16 heavy (non-hydrogen) atoms. The van der Waals surface area contributed by atoms with E-state index >= 15 is 0 Å². The van der Waals surface area contributed by atoms with Crippen molar-refractivity contribution >= 4 is 11.8 Å². The number of ether oxygens (including phenoxy) is 2. The van der Waals surface area contributed by atoms with Crippen molar-refractivity contribution in [1.82, 2.24) is 5.32 Å². The van der Waals surface area contributed by atoms with Gasteiger partial charge in [0.05, 0.1) is 13.2 Å². The first-order valence-corrected chi connectivity index (χ1v) is 7.38. The quantitative estimate of drug-likeness (QED) is 0.597. The van der Waals surface area contributed by atoms with Gasteiger partial charge in [-0.15, -0.1) is 0 Å². The van der Waals surface area contributed by atoms with Gasteiger partial charge in [0.25, 0.3) is 0 Å². The van der Waals surface area contributed by atoms with Crippen molar-refractivity contribution in [1.29, 1.82) is 0 Å². The zero-order valence-electron chi connectivity index (χ0n) is 10.6. The summed E-state index contributed by atoms with van der Waals surface area (Å²) in [5, 5.41) is 3.54. The minimum atomic E-state index is 0.552. The highest BCUT2D eigenvalue weighted by Crippen LogP contribution is 2.42. The maximum atomic E-state index is 5.40. The van der Waals surface area contributed by atoms with Crippen LogP contribution in [0.25, 0.3) is 0 Å². The Balaban J connectivity index is 1.84. The summed E-state index contributed by atoms with van der Waals surface area (Å²) in [6, 6.07) is 0. The fraction of sp³-hybridized carbons (Fsp3) is 1.00. The number of nitrogens with one attached hydrogen (secondary N) is 1. The summed E-state index contributed by atoms with van der Waals surface area (Å²) in [6.07, 6.45) is 7.49. The zero-order chi connectivity index (χ0) is 11.7. The lowest BCUT2D eigenvalue weighted by Crippen LogP contribution is -2.43. The predicted molar refractivity (Wildman–Crippen MR) is 70.3 cm³/mol. The highest BCUT2D eigenvalue weighted by molar-refractivity contribution is 8.00. The van der Waals surface area contributed by atoms with Gasteiger partial charge in [-0.2, -0.15) is 11.8 Å². The molecule has 0 amide bonds. The topological polar surface area (TPSA) is 30.5 Å². The molecule has 0 radical (unpaired) electrons. The lowest BCUT2D eigenvalue weighted by atomic mass is 9.84. The SMILES string of the molecule is COCCOCCCNCC1(SC)CCC1. The van der Waals surface area contributed by atoms with E-state index in [4.69, 9.17) is 9.47 Å². The van der Waals surface area contributed by atoms with Crippen molar-refractivity contribution in [3.05, 3.63) is 0 Å². The van der Waals surface area contributed by atoms with Crippen LogP contribution in [0.5, 0.6) is 0 Å². The van der Waals surface area contributed by atoms with Crippen molar-refractivity contribution < 1.29 is 9.47 Å². The van der Waals surface area contributed by atoms with Crippen LogP contribution in [0, 0.1) is 0 Å². The Kier molecular flexibility index (Phi) is 7.45. The van der Waals surface area contributed by atoms with E-state index in [0.29, 0.717) is 18.0 Å². The first-order valence-electron chi connectivity index (χ1n) is 6.15. The molecule has 1 N–H and O–H groups in total. The molecular formula is C12H25NO2S. The smallest absolute Gasteiger partial charge is 0.0700 e. The maximum Gasteiger partial charge on any atom is 0.0700 e. The van der Waals surface area contributed by atoms with Crippen molar-refractivity contribution in [2.75, 3.05) is 46.3 Å². The molecule has 96 valence electrons. The van der Waals surface area contributed by atoms with Gasteiger partial charge in [-0.25, -0.2) is 0 Å². The van der Waals surface area contributed by atoms with E-state index in [-0.39, 0.29) is 0 Å². The summed E-state index contributed by atoms with van der Waals surface area (Å²) in [6.45, 7) is 4.47. The second-order valence-corrected chi connectivity index (χ2v) is 5.65. The lowest BCUT2D eigenvalue weighted by molar-refractivity contribution is 0.0694. The Bertz CT molecular complexity index is 169. The van der Waals surface area contributed by atoms with E-state index in [0.717, 1.165) is 26.1 Å². The summed E-state index contributed by atoms with van der Waals surface area (Å²) < 4.78 is 10.9. The van der Waals surface area contributed by atoms with Crippen molar-refractivity contribution in [2.45, 2.75) is 30.4 Å². The van der Waals surface area contributed by atoms with Gasteiger partial charge in [0.1, 0.15) is 0 Å². The van der Waals surface area contributed by atoms with Crippen LogP contribution in [0.4, 0.5) is 0 Å². The average Bonchev–Trinajstić information content (AvgIpc) is 2.25. The van der Waals surface area contributed by atoms with Crippen molar-refractivity contribution in [3.8, 4) is 0 Å². The van der Waals surface area contributed by atoms with Crippen LogP contribution in [0.15, 0.2) is 0 Å². The number of hydrogen-bond donors (Lipinski definition) is 1. The molecule has 0 saturated heterocycles. The van der Waals surface area contributed by atoms with Gasteiger partial charge in [-0.1, -0.05) is 6.42 Å². The Morgan fingerprint density at radius 1 is 1.25 bits per heavy atom. The van der Waals surface area contributed by atoms with Crippen LogP contribution < -0.4 is 5.32 Å². The van der Waals surface area contributed by atoms with Crippen LogP contribution in [0.1, 0.15) is 25.7 Å². The Hall–Kier alpha value is 0.230. The van der Waals surface area contributed by atoms with E-state index in [2.05, 4.69) is 11.6 Å². The molecule has 0 aromatic heterocycles. The van der Waals surface area contributed by atoms with E-state index in [9.17, 15) is 0 Å². The summed E-state index contributed by atoms with van der Waals surface area (Å²) in [4.78, 5) is 0. The number of hydrogen-bond acceptors (Lipinski definition) is 4. The molecular weight excluding hydrogens is 222 g/mol. The maximum absolute atomic E-state index is 5.40. The van der Waals surface area contributed by atoms with Crippen LogP contribution in [-0.2, 0) is 9.47 Å². The molecule has 3 nitrogen and oxygen atoms in total. The largest absolute Gasteiger partial charge is 0.382 e. The highest BCUT2D eigenvalue weighted by Gasteiger charge is 2.35. The first-order chi connectivity index (χ1) is 7.83. The van der Waals surface area contributed by atoms with Gasteiger partial charge >= 0.3 is 0 Å². The van der Waals surface area contributed by atoms with Gasteiger partial charge in [0.15, 0.2) is 0 Å². The predicted octanol–water partition coefficient (Wildman–Crippen LogP) is 1.91. The zero-order valence-corrected chi connectivity index (χ0v) is 11.4. The summed E-state index contributed by atoms with van der Waals surface area (Å²) in [5.74, 6) is 0. The molecule has 0 heterocycles. The van der Waals surface area contributed by atoms with Gasteiger partial charge in [0.2, 0.25) is 0 Å². The first kappa shape index (κ1) is 14.3. The van der Waals surface area contributed by atoms with Gasteiger partial charge in [-0.3, -0.25) is 0 Å². The second kappa shape index (κ2) is 8.34. The number of thioether (sulfide) groups is 1. The molecule has 1 aliphatic rings. The third kappa shape index (κ3) is 5.04. The normalized spacial score (nSPS) is 18.4. The van der Waals surface area contributed by atoms with Crippen molar-refractivity contribution in [2.24, 2.45) is 0 Å². The molecule has 0 bridgehead atoms. The molecule has 1 aliphatic carbocycles. The molecule has 0 unspecified atom stereocenters. The third-order valence-corrected chi connectivity index (χ3v) is 4.64. The molecule has 1 rings (SSSR count). The highest BCUT2D eigenvalue weighted by atomic mass is 32.2. The molecule has 0 spiro atoms. The average molecular weight is 247 g/mol. The molecule has 1 saturated carbocycles. The van der Waals surface area contributed by atoms with E-state index in [1.54, 1.807) is 7.11 Å². The lowest BCUT2D eigenvalue weighted by Gasteiger charge is -2.40. The Morgan fingerprint density at radius 3 is 2.62 bits per heavy atom. The van der Waals surface area contributed by atoms with E-state index in [1.807, 2.05) is 11.8 Å². The fourth-order valence-electron chi connectivity index (χ4n) is 1.88. The summed E-state index contributed by atoms with van der Waals surface area (Å²) in [5.41, 5.74) is 0. The number of methoxy groups -OCH3 is 1. The Morgan fingerprint density at radius 2 is 2.06 bits per heavy atom. The molecule has 0 aromatic rings. The van der Waals surface area contributed by atoms with Crippen LogP contribution in [0.3, 0.4) is 0 Å². The standard InChI is InChI=1S/C12H25NO2S/c1-14-9-10-15-8-4-7-13-11-12(16-2)5-3-6-12/h13H,3-11H2,1-2H3. The molecule has 1 fully saturated rings. The van der Waals surface area contributed by atoms with Gasteiger partial charge in [-0.05, 0) is 32.1 Å². The number of rotatable bonds is 10. The summed E-state index contributed by atoms with van der Waals surface area (Å²) in [7, 11) is 1.70. The van der Waals surface area contributed by atoms with Crippen LogP contribution >= 0.6 is 11.8 Å². The third-order valence-electron chi connectivity index (χ3n) is 3.22. The van der Waals surface area contributed by atoms with Crippen LogP contribution in [-0.4, -0.2) is 51.0 Å². The molecule has 0 atom stereocenters. The van der Waals surface area contributed by atoms with Crippen LogP contribution in [0.2, 0.25) is 0 Å². The minimum absolute atomic E-state index is 0.552.